The highest BCUT2D eigenvalue weighted by Gasteiger charge is 2.25. The van der Waals surface area contributed by atoms with Crippen LogP contribution in [0.4, 0.5) is 0 Å². The number of nitrogens with one attached hydrogen (secondary N) is 1. The average molecular weight is 363 g/mol. The van der Waals surface area contributed by atoms with E-state index in [9.17, 15) is 8.42 Å². The number of imidazole rings is 1. The maximum atomic E-state index is 12.7. The zero-order valence-corrected chi connectivity index (χ0v) is 14.4. The molecule has 1 N–H and O–H groups in total. The van der Waals surface area contributed by atoms with Crippen molar-refractivity contribution in [3.05, 3.63) is 77.6 Å². The van der Waals surface area contributed by atoms with Crippen LogP contribution in [0.2, 0.25) is 5.15 Å². The molecule has 0 saturated heterocycles. The summed E-state index contributed by atoms with van der Waals surface area (Å²) in [6, 6.07) is 11.5. The number of benzene rings is 1. The predicted molar refractivity (Wildman–Crippen MR) is 91.1 cm³/mol. The first kappa shape index (κ1) is 16.6. The first-order chi connectivity index (χ1) is 11.5. The largest absolute Gasteiger partial charge is 0.336 e. The molecule has 124 valence electrons. The number of hydrogen-bond acceptors (Lipinski definition) is 4. The van der Waals surface area contributed by atoms with Gasteiger partial charge in [-0.25, -0.2) is 18.4 Å². The summed E-state index contributed by atoms with van der Waals surface area (Å²) in [6.45, 7) is 0. The lowest BCUT2D eigenvalue weighted by atomic mass is 10.1. The van der Waals surface area contributed by atoms with Crippen molar-refractivity contribution >= 4 is 21.6 Å². The van der Waals surface area contributed by atoms with E-state index in [-0.39, 0.29) is 10.0 Å². The van der Waals surface area contributed by atoms with Crippen molar-refractivity contribution in [1.29, 1.82) is 0 Å². The fourth-order valence-corrected chi connectivity index (χ4v) is 3.55. The molecule has 3 aromatic rings. The quantitative estimate of drug-likeness (QED) is 0.707. The summed E-state index contributed by atoms with van der Waals surface area (Å²) in [7, 11) is -1.98. The molecule has 1 unspecified atom stereocenters. The first-order valence-electron chi connectivity index (χ1n) is 7.13. The second-order valence-corrected chi connectivity index (χ2v) is 7.28. The topological polar surface area (TPSA) is 76.9 Å². The highest BCUT2D eigenvalue weighted by Crippen LogP contribution is 2.23. The summed E-state index contributed by atoms with van der Waals surface area (Å²) in [5.41, 5.74) is 0.789. The van der Waals surface area contributed by atoms with E-state index in [0.717, 1.165) is 5.56 Å². The van der Waals surface area contributed by atoms with Crippen LogP contribution in [-0.4, -0.2) is 23.0 Å². The molecule has 0 amide bonds. The van der Waals surface area contributed by atoms with Gasteiger partial charge in [0, 0.05) is 25.6 Å². The van der Waals surface area contributed by atoms with Crippen LogP contribution in [0.1, 0.15) is 17.4 Å². The number of aromatic nitrogens is 3. The molecule has 0 bridgehead atoms. The van der Waals surface area contributed by atoms with E-state index >= 15 is 0 Å². The fraction of sp³-hybridized carbons (Fsp3) is 0.125. The van der Waals surface area contributed by atoms with Crippen LogP contribution < -0.4 is 4.72 Å². The second-order valence-electron chi connectivity index (χ2n) is 5.18. The maximum absolute atomic E-state index is 12.7. The van der Waals surface area contributed by atoms with Crippen molar-refractivity contribution in [3.63, 3.8) is 0 Å². The molecule has 2 aromatic heterocycles. The van der Waals surface area contributed by atoms with E-state index < -0.39 is 16.1 Å². The molecule has 0 saturated carbocycles. The summed E-state index contributed by atoms with van der Waals surface area (Å²) in [5, 5.41) is 0.234. The minimum Gasteiger partial charge on any atom is -0.336 e. The first-order valence-corrected chi connectivity index (χ1v) is 8.99. The summed E-state index contributed by atoms with van der Waals surface area (Å²) in [5.74, 6) is 0.590. The molecule has 24 heavy (non-hydrogen) atoms. The van der Waals surface area contributed by atoms with Crippen molar-refractivity contribution in [2.24, 2.45) is 7.05 Å². The molecule has 1 aromatic carbocycles. The van der Waals surface area contributed by atoms with Gasteiger partial charge < -0.3 is 4.57 Å². The van der Waals surface area contributed by atoms with Crippen molar-refractivity contribution < 1.29 is 8.42 Å². The van der Waals surface area contributed by atoms with Crippen molar-refractivity contribution in [1.82, 2.24) is 19.3 Å². The third-order valence-electron chi connectivity index (χ3n) is 3.53. The highest BCUT2D eigenvalue weighted by molar-refractivity contribution is 7.89. The molecule has 2 heterocycles. The van der Waals surface area contributed by atoms with Crippen molar-refractivity contribution in [2.75, 3.05) is 0 Å². The van der Waals surface area contributed by atoms with Crippen LogP contribution in [0, 0.1) is 0 Å². The summed E-state index contributed by atoms with van der Waals surface area (Å²) in [6.07, 6.45) is 4.62. The third-order valence-corrected chi connectivity index (χ3v) is 5.16. The van der Waals surface area contributed by atoms with E-state index in [1.54, 1.807) is 17.0 Å². The number of pyridine rings is 1. The monoisotopic (exact) mass is 362 g/mol. The Morgan fingerprint density at radius 2 is 1.88 bits per heavy atom. The summed E-state index contributed by atoms with van der Waals surface area (Å²) in [4.78, 5) is 8.16. The lowest BCUT2D eigenvalue weighted by molar-refractivity contribution is 0.562. The van der Waals surface area contributed by atoms with Crippen molar-refractivity contribution in [2.45, 2.75) is 10.9 Å². The SMILES string of the molecule is Cn1ccnc1C(NS(=O)(=O)c1ccc(Cl)nc1)c1ccccc1. The van der Waals surface area contributed by atoms with Gasteiger partial charge in [0.15, 0.2) is 0 Å². The minimum absolute atomic E-state index is 0.0436. The van der Waals surface area contributed by atoms with Gasteiger partial charge in [0.2, 0.25) is 10.0 Å². The molecule has 1 atom stereocenters. The standard InChI is InChI=1S/C16H15ClN4O2S/c1-21-10-9-18-16(21)15(12-5-3-2-4-6-12)20-24(22,23)13-7-8-14(17)19-11-13/h2-11,15,20H,1H3. The average Bonchev–Trinajstić information content (AvgIpc) is 3.00. The summed E-state index contributed by atoms with van der Waals surface area (Å²) < 4.78 is 29.9. The maximum Gasteiger partial charge on any atom is 0.243 e. The number of halogens is 1. The van der Waals surface area contributed by atoms with Gasteiger partial charge in [-0.2, -0.15) is 4.72 Å². The van der Waals surface area contributed by atoms with Gasteiger partial charge in [-0.3, -0.25) is 0 Å². The van der Waals surface area contributed by atoms with E-state index in [0.29, 0.717) is 5.82 Å². The van der Waals surface area contributed by atoms with Crippen molar-refractivity contribution in [3.8, 4) is 0 Å². The van der Waals surface area contributed by atoms with Gasteiger partial charge in [-0.15, -0.1) is 0 Å². The Bertz CT molecular complexity index is 924. The Morgan fingerprint density at radius 1 is 1.12 bits per heavy atom. The lowest BCUT2D eigenvalue weighted by Crippen LogP contribution is -2.31. The Morgan fingerprint density at radius 3 is 2.46 bits per heavy atom. The van der Waals surface area contributed by atoms with Gasteiger partial charge in [0.25, 0.3) is 0 Å². The molecular weight excluding hydrogens is 348 g/mol. The zero-order chi connectivity index (χ0) is 17.2. The summed E-state index contributed by atoms with van der Waals surface area (Å²) >= 11 is 5.73. The van der Waals surface area contributed by atoms with E-state index in [4.69, 9.17) is 11.6 Å². The molecule has 8 heteroatoms. The molecular formula is C16H15ClN4O2S. The number of aryl methyl sites for hydroxylation is 1. The lowest BCUT2D eigenvalue weighted by Gasteiger charge is -2.19. The Hall–Kier alpha value is -2.22. The molecule has 0 radical (unpaired) electrons. The van der Waals surface area contributed by atoms with E-state index in [2.05, 4.69) is 14.7 Å². The third kappa shape index (κ3) is 3.48. The van der Waals surface area contributed by atoms with Gasteiger partial charge in [-0.1, -0.05) is 41.9 Å². The van der Waals surface area contributed by atoms with Crippen LogP contribution in [-0.2, 0) is 17.1 Å². The Kier molecular flexibility index (Phi) is 4.66. The Labute approximate surface area is 145 Å². The number of nitrogens with zero attached hydrogens (tertiary/aromatic N) is 3. The Balaban J connectivity index is 2.01. The smallest absolute Gasteiger partial charge is 0.243 e. The predicted octanol–water partition coefficient (Wildman–Crippen LogP) is 2.54. The molecule has 3 rings (SSSR count). The number of sulfonamides is 1. The second kappa shape index (κ2) is 6.72. The molecule has 0 spiro atoms. The van der Waals surface area contributed by atoms with Crippen LogP contribution in [0.25, 0.3) is 0 Å². The molecule has 0 aliphatic rings. The van der Waals surface area contributed by atoms with E-state index in [1.807, 2.05) is 37.4 Å². The van der Waals surface area contributed by atoms with Crippen LogP contribution in [0.3, 0.4) is 0 Å². The van der Waals surface area contributed by atoms with Crippen LogP contribution in [0.15, 0.2) is 66.0 Å². The molecule has 0 fully saturated rings. The minimum atomic E-state index is -3.79. The highest BCUT2D eigenvalue weighted by atomic mass is 35.5. The molecule has 6 nitrogen and oxygen atoms in total. The van der Waals surface area contributed by atoms with Gasteiger partial charge in [0.1, 0.15) is 21.9 Å². The van der Waals surface area contributed by atoms with Crippen LogP contribution in [0.5, 0.6) is 0 Å². The number of hydrogen-bond donors (Lipinski definition) is 1. The van der Waals surface area contributed by atoms with Crippen LogP contribution >= 0.6 is 11.6 Å². The van der Waals surface area contributed by atoms with Gasteiger partial charge >= 0.3 is 0 Å². The zero-order valence-electron chi connectivity index (χ0n) is 12.8. The number of rotatable bonds is 5. The van der Waals surface area contributed by atoms with Gasteiger partial charge in [-0.05, 0) is 17.7 Å². The van der Waals surface area contributed by atoms with E-state index in [1.165, 1.54) is 18.3 Å². The van der Waals surface area contributed by atoms with Gasteiger partial charge in [0.05, 0.1) is 0 Å². The molecule has 0 aliphatic carbocycles. The molecule has 0 aliphatic heterocycles. The normalized spacial score (nSPS) is 12.9. The fourth-order valence-electron chi connectivity index (χ4n) is 2.32.